The summed E-state index contributed by atoms with van der Waals surface area (Å²) in [7, 11) is 0. The smallest absolute Gasteiger partial charge is 0.341 e. The molecule has 1 amide bonds. The Morgan fingerprint density at radius 1 is 1.00 bits per heavy atom. The van der Waals surface area contributed by atoms with E-state index in [1.54, 1.807) is 6.92 Å². The van der Waals surface area contributed by atoms with E-state index in [4.69, 9.17) is 17.0 Å². The molecule has 0 spiro atoms. The van der Waals surface area contributed by atoms with Gasteiger partial charge in [-0.15, -0.1) is 23.1 Å². The minimum atomic E-state index is -0.348. The minimum absolute atomic E-state index is 0.151. The molecule has 0 fully saturated rings. The second-order valence-electron chi connectivity index (χ2n) is 8.80. The fourth-order valence-corrected chi connectivity index (χ4v) is 6.44. The fraction of sp³-hybridized carbons (Fsp3) is 0.321. The van der Waals surface area contributed by atoms with Crippen LogP contribution in [0.1, 0.15) is 52.5 Å². The normalized spacial score (nSPS) is 12.7. The zero-order chi connectivity index (χ0) is 26.2. The van der Waals surface area contributed by atoms with Crippen LogP contribution >= 0.6 is 35.3 Å². The Bertz CT molecular complexity index is 1270. The van der Waals surface area contributed by atoms with E-state index in [0.717, 1.165) is 53.9 Å². The summed E-state index contributed by atoms with van der Waals surface area (Å²) >= 11 is 8.39. The second kappa shape index (κ2) is 13.1. The van der Waals surface area contributed by atoms with Crippen molar-refractivity contribution in [3.8, 4) is 0 Å². The number of esters is 1. The number of amides is 1. The number of aryl methyl sites for hydroxylation is 2. The predicted molar refractivity (Wildman–Crippen MR) is 158 cm³/mol. The van der Waals surface area contributed by atoms with Gasteiger partial charge in [-0.2, -0.15) is 0 Å². The van der Waals surface area contributed by atoms with E-state index in [-0.39, 0.29) is 17.6 Å². The number of hydrogen-bond donors (Lipinski definition) is 3. The number of carbonyl (C=O) groups is 2. The summed E-state index contributed by atoms with van der Waals surface area (Å²) in [6, 6.07) is 15.8. The van der Waals surface area contributed by atoms with Gasteiger partial charge < -0.3 is 20.7 Å². The molecule has 6 nitrogen and oxygen atoms in total. The predicted octanol–water partition coefficient (Wildman–Crippen LogP) is 7.04. The molecule has 0 bridgehead atoms. The van der Waals surface area contributed by atoms with Crippen LogP contribution in [0.5, 0.6) is 0 Å². The molecular formula is C28H31N3O3S3. The van der Waals surface area contributed by atoms with E-state index in [0.29, 0.717) is 22.3 Å². The quantitative estimate of drug-likeness (QED) is 0.119. The van der Waals surface area contributed by atoms with E-state index in [1.807, 2.05) is 55.5 Å². The summed E-state index contributed by atoms with van der Waals surface area (Å²) in [5.74, 6) is -0.277. The van der Waals surface area contributed by atoms with E-state index in [2.05, 4.69) is 16.0 Å². The Kier molecular flexibility index (Phi) is 9.60. The molecule has 1 aliphatic rings. The van der Waals surface area contributed by atoms with Gasteiger partial charge in [0.05, 0.1) is 17.9 Å². The number of benzene rings is 2. The summed E-state index contributed by atoms with van der Waals surface area (Å²) in [5, 5.41) is 10.5. The van der Waals surface area contributed by atoms with Crippen LogP contribution in [0.15, 0.2) is 53.4 Å². The summed E-state index contributed by atoms with van der Waals surface area (Å²) < 4.78 is 5.32. The SMILES string of the molecule is CCOC(=O)c1c(NC(=O)CSc2cccc(NC(=S)Nc3ccc(C)cc3)c2)sc2c1CCCCC2. The average molecular weight is 554 g/mol. The molecule has 4 rings (SSSR count). The largest absolute Gasteiger partial charge is 0.462 e. The Balaban J connectivity index is 1.36. The lowest BCUT2D eigenvalue weighted by atomic mass is 10.1. The lowest BCUT2D eigenvalue weighted by molar-refractivity contribution is -0.113. The molecule has 0 unspecified atom stereocenters. The number of fused-ring (bicyclic) bond motifs is 1. The van der Waals surface area contributed by atoms with Crippen molar-refractivity contribution in [1.29, 1.82) is 0 Å². The van der Waals surface area contributed by atoms with Gasteiger partial charge in [0.25, 0.3) is 0 Å². The van der Waals surface area contributed by atoms with Crippen molar-refractivity contribution in [3.05, 3.63) is 70.1 Å². The van der Waals surface area contributed by atoms with Crippen molar-refractivity contribution in [1.82, 2.24) is 0 Å². The Morgan fingerprint density at radius 3 is 2.54 bits per heavy atom. The van der Waals surface area contributed by atoms with Crippen LogP contribution in [-0.2, 0) is 22.4 Å². The number of ether oxygens (including phenoxy) is 1. The number of carbonyl (C=O) groups excluding carboxylic acids is 2. The van der Waals surface area contributed by atoms with Crippen molar-refractivity contribution in [3.63, 3.8) is 0 Å². The third-order valence-electron chi connectivity index (χ3n) is 5.93. The zero-order valence-corrected chi connectivity index (χ0v) is 23.5. The molecule has 0 saturated carbocycles. The summed E-state index contributed by atoms with van der Waals surface area (Å²) in [5.41, 5.74) is 4.53. The molecule has 0 aliphatic heterocycles. The highest BCUT2D eigenvalue weighted by molar-refractivity contribution is 8.00. The number of thiophene rings is 1. The topological polar surface area (TPSA) is 79.5 Å². The maximum atomic E-state index is 12.9. The van der Waals surface area contributed by atoms with Gasteiger partial charge in [0.1, 0.15) is 5.00 Å². The molecule has 1 aromatic heterocycles. The highest BCUT2D eigenvalue weighted by atomic mass is 32.2. The van der Waals surface area contributed by atoms with Gasteiger partial charge in [0, 0.05) is 21.1 Å². The van der Waals surface area contributed by atoms with Crippen LogP contribution < -0.4 is 16.0 Å². The summed E-state index contributed by atoms with van der Waals surface area (Å²) in [6.45, 7) is 4.14. The second-order valence-corrected chi connectivity index (χ2v) is 11.4. The van der Waals surface area contributed by atoms with Gasteiger partial charge in [-0.25, -0.2) is 4.79 Å². The number of hydrogen-bond acceptors (Lipinski definition) is 6. The van der Waals surface area contributed by atoms with Crippen molar-refractivity contribution >= 4 is 68.7 Å². The first-order chi connectivity index (χ1) is 17.9. The maximum absolute atomic E-state index is 12.9. The molecule has 194 valence electrons. The van der Waals surface area contributed by atoms with Crippen LogP contribution in [-0.4, -0.2) is 29.3 Å². The van der Waals surface area contributed by atoms with Gasteiger partial charge >= 0.3 is 5.97 Å². The van der Waals surface area contributed by atoms with Crippen LogP contribution in [0.2, 0.25) is 0 Å². The average Bonchev–Trinajstić information content (AvgIpc) is 3.04. The molecule has 0 saturated heterocycles. The molecule has 1 aliphatic carbocycles. The minimum Gasteiger partial charge on any atom is -0.462 e. The van der Waals surface area contributed by atoms with Gasteiger partial charge in [-0.1, -0.05) is 30.2 Å². The van der Waals surface area contributed by atoms with E-state index >= 15 is 0 Å². The molecule has 2 aromatic carbocycles. The van der Waals surface area contributed by atoms with Crippen LogP contribution in [0.25, 0.3) is 0 Å². The molecule has 0 atom stereocenters. The van der Waals surface area contributed by atoms with Gasteiger partial charge in [0.15, 0.2) is 5.11 Å². The molecule has 1 heterocycles. The number of rotatable bonds is 8. The van der Waals surface area contributed by atoms with Crippen LogP contribution in [0.4, 0.5) is 16.4 Å². The lowest BCUT2D eigenvalue weighted by Gasteiger charge is -2.12. The molecule has 3 aromatic rings. The summed E-state index contributed by atoms with van der Waals surface area (Å²) in [6.07, 6.45) is 5.10. The third-order valence-corrected chi connectivity index (χ3v) is 8.33. The Labute approximate surface area is 231 Å². The molecule has 0 radical (unpaired) electrons. The molecule has 3 N–H and O–H groups in total. The molecule has 9 heteroatoms. The first-order valence-corrected chi connectivity index (χ1v) is 14.6. The number of thiocarbonyl (C=S) groups is 1. The van der Waals surface area contributed by atoms with Crippen LogP contribution in [0, 0.1) is 6.92 Å². The fourth-order valence-electron chi connectivity index (χ4n) is 4.16. The van der Waals surface area contributed by atoms with Crippen molar-refractivity contribution in [2.24, 2.45) is 0 Å². The van der Waals surface area contributed by atoms with Crippen molar-refractivity contribution in [2.75, 3.05) is 28.3 Å². The van der Waals surface area contributed by atoms with Crippen LogP contribution in [0.3, 0.4) is 0 Å². The standard InChI is InChI=1S/C28H31N3O3S3/c1-3-34-27(33)25-22-10-5-4-6-11-23(22)37-26(25)31-24(32)17-36-21-9-7-8-20(16-21)30-28(35)29-19-14-12-18(2)13-15-19/h7-9,12-16H,3-6,10-11,17H2,1-2H3,(H,31,32)(H2,29,30,35). The van der Waals surface area contributed by atoms with Gasteiger partial charge in [-0.05, 0) is 87.6 Å². The number of nitrogens with one attached hydrogen (secondary N) is 3. The molecule has 37 heavy (non-hydrogen) atoms. The van der Waals surface area contributed by atoms with Crippen molar-refractivity contribution in [2.45, 2.75) is 50.8 Å². The first-order valence-electron chi connectivity index (χ1n) is 12.4. The molecular weight excluding hydrogens is 523 g/mol. The van der Waals surface area contributed by atoms with Gasteiger partial charge in [-0.3, -0.25) is 4.79 Å². The Hall–Kier alpha value is -2.88. The van der Waals surface area contributed by atoms with Gasteiger partial charge in [0.2, 0.25) is 5.91 Å². The van der Waals surface area contributed by atoms with Crippen molar-refractivity contribution < 1.29 is 14.3 Å². The Morgan fingerprint density at radius 2 is 1.76 bits per heavy atom. The zero-order valence-electron chi connectivity index (χ0n) is 21.0. The third kappa shape index (κ3) is 7.56. The maximum Gasteiger partial charge on any atom is 0.341 e. The first kappa shape index (κ1) is 27.2. The highest BCUT2D eigenvalue weighted by Gasteiger charge is 2.26. The highest BCUT2D eigenvalue weighted by Crippen LogP contribution is 2.38. The van der Waals surface area contributed by atoms with E-state index in [1.165, 1.54) is 33.5 Å². The lowest BCUT2D eigenvalue weighted by Crippen LogP contribution is -2.19. The summed E-state index contributed by atoms with van der Waals surface area (Å²) in [4.78, 5) is 27.7. The number of anilines is 3. The van der Waals surface area contributed by atoms with E-state index < -0.39 is 0 Å². The number of thioether (sulfide) groups is 1. The monoisotopic (exact) mass is 553 g/mol. The van der Waals surface area contributed by atoms with E-state index in [9.17, 15) is 9.59 Å².